The predicted molar refractivity (Wildman–Crippen MR) is 67.3 cm³/mol. The Hall–Kier alpha value is -1.75. The normalized spacial score (nSPS) is 15.7. The highest BCUT2D eigenvalue weighted by atomic mass is 16.5. The lowest BCUT2D eigenvalue weighted by Gasteiger charge is -2.29. The molecule has 0 atom stereocenters. The summed E-state index contributed by atoms with van der Waals surface area (Å²) in [5.41, 5.74) is 7.87. The van der Waals surface area contributed by atoms with Crippen LogP contribution in [0.1, 0.15) is 10.4 Å². The van der Waals surface area contributed by atoms with E-state index in [2.05, 4.69) is 10.2 Å². The molecular weight excluding hydrogens is 218 g/mol. The molecule has 0 aliphatic carbocycles. The number of carbonyl (C=O) groups excluding carboxylic acids is 1. The minimum Gasteiger partial charge on any atom is -0.465 e. The second-order valence-corrected chi connectivity index (χ2v) is 4.04. The maximum Gasteiger partial charge on any atom is 0.337 e. The van der Waals surface area contributed by atoms with Gasteiger partial charge in [0.2, 0.25) is 0 Å². The molecule has 0 spiro atoms. The lowest BCUT2D eigenvalue weighted by Crippen LogP contribution is -2.43. The Morgan fingerprint density at radius 1 is 1.35 bits per heavy atom. The molecule has 0 unspecified atom stereocenters. The Morgan fingerprint density at radius 3 is 2.71 bits per heavy atom. The number of carbonyl (C=O) groups is 1. The molecule has 92 valence electrons. The number of nitrogens with two attached hydrogens (primary N) is 1. The molecule has 1 aliphatic rings. The minimum absolute atomic E-state index is 0.353. The van der Waals surface area contributed by atoms with Crippen LogP contribution in [0.15, 0.2) is 18.2 Å². The van der Waals surface area contributed by atoms with Crippen LogP contribution in [0, 0.1) is 0 Å². The van der Waals surface area contributed by atoms with E-state index in [9.17, 15) is 4.79 Å². The van der Waals surface area contributed by atoms with E-state index in [1.54, 1.807) is 6.07 Å². The first-order valence-corrected chi connectivity index (χ1v) is 5.65. The quantitative estimate of drug-likeness (QED) is 0.576. The van der Waals surface area contributed by atoms with Gasteiger partial charge in [0.05, 0.1) is 12.7 Å². The molecule has 1 aromatic carbocycles. The molecule has 1 fully saturated rings. The maximum atomic E-state index is 11.5. The van der Waals surface area contributed by atoms with Gasteiger partial charge in [0.1, 0.15) is 0 Å². The van der Waals surface area contributed by atoms with Crippen molar-refractivity contribution in [3.05, 3.63) is 23.8 Å². The zero-order valence-electron chi connectivity index (χ0n) is 9.90. The number of piperazine rings is 1. The average molecular weight is 235 g/mol. The number of esters is 1. The number of hydrogen-bond donors (Lipinski definition) is 2. The summed E-state index contributed by atoms with van der Waals surface area (Å²) in [6, 6.07) is 5.35. The van der Waals surface area contributed by atoms with Gasteiger partial charge in [-0.2, -0.15) is 0 Å². The van der Waals surface area contributed by atoms with Crippen LogP contribution in [-0.4, -0.2) is 39.3 Å². The second kappa shape index (κ2) is 5.05. The fourth-order valence-corrected chi connectivity index (χ4v) is 1.98. The molecule has 1 heterocycles. The SMILES string of the molecule is COC(=O)c1cc(N)cc(N2CCNCC2)c1. The second-order valence-electron chi connectivity index (χ2n) is 4.04. The fourth-order valence-electron chi connectivity index (χ4n) is 1.98. The van der Waals surface area contributed by atoms with Crippen LogP contribution in [-0.2, 0) is 4.74 Å². The van der Waals surface area contributed by atoms with Gasteiger partial charge in [0.15, 0.2) is 0 Å². The van der Waals surface area contributed by atoms with Crippen LogP contribution in [0.2, 0.25) is 0 Å². The van der Waals surface area contributed by atoms with Crippen molar-refractivity contribution in [3.8, 4) is 0 Å². The van der Waals surface area contributed by atoms with Gasteiger partial charge in [-0.1, -0.05) is 0 Å². The molecule has 3 N–H and O–H groups in total. The van der Waals surface area contributed by atoms with E-state index < -0.39 is 0 Å². The molecule has 5 heteroatoms. The summed E-state index contributed by atoms with van der Waals surface area (Å²) in [5, 5.41) is 3.28. The van der Waals surface area contributed by atoms with Crippen LogP contribution >= 0.6 is 0 Å². The van der Waals surface area contributed by atoms with Crippen LogP contribution in [0.5, 0.6) is 0 Å². The summed E-state index contributed by atoms with van der Waals surface area (Å²) >= 11 is 0. The highest BCUT2D eigenvalue weighted by Gasteiger charge is 2.14. The molecule has 0 radical (unpaired) electrons. The third kappa shape index (κ3) is 2.68. The molecule has 0 aromatic heterocycles. The summed E-state index contributed by atoms with van der Waals surface area (Å²) in [5.74, 6) is -0.353. The molecule has 1 aliphatic heterocycles. The summed E-state index contributed by atoms with van der Waals surface area (Å²) in [6.07, 6.45) is 0. The summed E-state index contributed by atoms with van der Waals surface area (Å²) in [6.45, 7) is 3.73. The number of ether oxygens (including phenoxy) is 1. The highest BCUT2D eigenvalue weighted by molar-refractivity contribution is 5.91. The molecule has 2 rings (SSSR count). The predicted octanol–water partition coefficient (Wildman–Crippen LogP) is 0.465. The molecule has 0 bridgehead atoms. The first kappa shape index (κ1) is 11.7. The van der Waals surface area contributed by atoms with Gasteiger partial charge in [0, 0.05) is 37.6 Å². The van der Waals surface area contributed by atoms with Crippen molar-refractivity contribution in [2.45, 2.75) is 0 Å². The first-order valence-electron chi connectivity index (χ1n) is 5.65. The number of nitrogens with one attached hydrogen (secondary N) is 1. The van der Waals surface area contributed by atoms with E-state index in [0.717, 1.165) is 31.9 Å². The van der Waals surface area contributed by atoms with E-state index in [4.69, 9.17) is 10.5 Å². The van der Waals surface area contributed by atoms with E-state index >= 15 is 0 Å². The lowest BCUT2D eigenvalue weighted by molar-refractivity contribution is 0.0601. The van der Waals surface area contributed by atoms with Gasteiger partial charge in [-0.3, -0.25) is 0 Å². The molecule has 0 saturated carbocycles. The van der Waals surface area contributed by atoms with E-state index in [0.29, 0.717) is 11.3 Å². The smallest absolute Gasteiger partial charge is 0.337 e. The third-order valence-corrected chi connectivity index (χ3v) is 2.84. The summed E-state index contributed by atoms with van der Waals surface area (Å²) in [4.78, 5) is 13.7. The summed E-state index contributed by atoms with van der Waals surface area (Å²) in [7, 11) is 1.37. The van der Waals surface area contributed by atoms with Crippen molar-refractivity contribution in [2.75, 3.05) is 43.9 Å². The van der Waals surface area contributed by atoms with E-state index in [1.807, 2.05) is 12.1 Å². The highest BCUT2D eigenvalue weighted by Crippen LogP contribution is 2.21. The zero-order valence-corrected chi connectivity index (χ0v) is 9.90. The molecular formula is C12H17N3O2. The molecule has 0 amide bonds. The summed E-state index contributed by atoms with van der Waals surface area (Å²) < 4.78 is 4.71. The van der Waals surface area contributed by atoms with Crippen molar-refractivity contribution < 1.29 is 9.53 Å². The van der Waals surface area contributed by atoms with Gasteiger partial charge < -0.3 is 20.7 Å². The topological polar surface area (TPSA) is 67.6 Å². The molecule has 1 aromatic rings. The maximum absolute atomic E-state index is 11.5. The first-order chi connectivity index (χ1) is 8.20. The van der Waals surface area contributed by atoms with Gasteiger partial charge in [0.25, 0.3) is 0 Å². The number of anilines is 2. The average Bonchev–Trinajstić information content (AvgIpc) is 2.38. The van der Waals surface area contributed by atoms with Crippen LogP contribution in [0.25, 0.3) is 0 Å². The van der Waals surface area contributed by atoms with Gasteiger partial charge in [-0.25, -0.2) is 4.79 Å². The van der Waals surface area contributed by atoms with Crippen LogP contribution < -0.4 is 16.0 Å². The monoisotopic (exact) mass is 235 g/mol. The number of rotatable bonds is 2. The Labute approximate surface area is 101 Å². The largest absolute Gasteiger partial charge is 0.465 e. The number of nitrogen functional groups attached to an aromatic ring is 1. The lowest BCUT2D eigenvalue weighted by atomic mass is 10.1. The molecule has 5 nitrogen and oxygen atoms in total. The Balaban J connectivity index is 2.27. The third-order valence-electron chi connectivity index (χ3n) is 2.84. The Kier molecular flexibility index (Phi) is 3.49. The van der Waals surface area contributed by atoms with Crippen molar-refractivity contribution in [3.63, 3.8) is 0 Å². The van der Waals surface area contributed by atoms with Gasteiger partial charge >= 0.3 is 5.97 Å². The fraction of sp³-hybridized carbons (Fsp3) is 0.417. The van der Waals surface area contributed by atoms with Crippen molar-refractivity contribution in [1.82, 2.24) is 5.32 Å². The Morgan fingerprint density at radius 2 is 2.06 bits per heavy atom. The number of methoxy groups -OCH3 is 1. The van der Waals surface area contributed by atoms with E-state index in [1.165, 1.54) is 7.11 Å². The zero-order chi connectivity index (χ0) is 12.3. The van der Waals surface area contributed by atoms with Crippen molar-refractivity contribution in [1.29, 1.82) is 0 Å². The van der Waals surface area contributed by atoms with Crippen LogP contribution in [0.4, 0.5) is 11.4 Å². The van der Waals surface area contributed by atoms with Crippen molar-refractivity contribution in [2.24, 2.45) is 0 Å². The standard InChI is InChI=1S/C12H17N3O2/c1-17-12(16)9-6-10(13)8-11(7-9)15-4-2-14-3-5-15/h6-8,14H,2-5,13H2,1H3. The van der Waals surface area contributed by atoms with Crippen molar-refractivity contribution >= 4 is 17.3 Å². The number of benzene rings is 1. The number of hydrogen-bond acceptors (Lipinski definition) is 5. The molecule has 1 saturated heterocycles. The Bertz CT molecular complexity index is 414. The minimum atomic E-state index is -0.353. The van der Waals surface area contributed by atoms with Crippen LogP contribution in [0.3, 0.4) is 0 Å². The van der Waals surface area contributed by atoms with E-state index in [-0.39, 0.29) is 5.97 Å². The number of nitrogens with zero attached hydrogens (tertiary/aromatic N) is 1. The van der Waals surface area contributed by atoms with Gasteiger partial charge in [-0.05, 0) is 18.2 Å². The van der Waals surface area contributed by atoms with Gasteiger partial charge in [-0.15, -0.1) is 0 Å². The molecule has 17 heavy (non-hydrogen) atoms.